The molecule has 0 aliphatic rings. The lowest BCUT2D eigenvalue weighted by Crippen LogP contribution is -2.60. The van der Waals surface area contributed by atoms with E-state index in [0.29, 0.717) is 5.56 Å². The van der Waals surface area contributed by atoms with Gasteiger partial charge >= 0.3 is 5.97 Å². The fourth-order valence-electron chi connectivity index (χ4n) is 4.43. The van der Waals surface area contributed by atoms with Crippen LogP contribution in [0.5, 0.6) is 0 Å². The second kappa shape index (κ2) is 14.8. The number of para-hydroxylation sites is 1. The summed E-state index contributed by atoms with van der Waals surface area (Å²) in [5.41, 5.74) is 13.4. The summed E-state index contributed by atoms with van der Waals surface area (Å²) in [4.78, 5) is 65.5. The van der Waals surface area contributed by atoms with Crippen LogP contribution in [0.4, 0.5) is 0 Å². The third kappa shape index (κ3) is 8.88. The van der Waals surface area contributed by atoms with Crippen molar-refractivity contribution < 1.29 is 34.2 Å². The predicted molar refractivity (Wildman–Crippen MR) is 154 cm³/mol. The zero-order chi connectivity index (χ0) is 30.8. The Balaban J connectivity index is 1.80. The molecular formula is C29H36N6O7. The van der Waals surface area contributed by atoms with Gasteiger partial charge in [0.05, 0.1) is 12.1 Å². The first-order chi connectivity index (χ1) is 20.0. The van der Waals surface area contributed by atoms with Crippen molar-refractivity contribution in [3.63, 3.8) is 0 Å². The van der Waals surface area contributed by atoms with Gasteiger partial charge in [0.2, 0.25) is 23.6 Å². The van der Waals surface area contributed by atoms with Crippen molar-refractivity contribution >= 4 is 40.5 Å². The van der Waals surface area contributed by atoms with Crippen LogP contribution in [0.3, 0.4) is 0 Å². The van der Waals surface area contributed by atoms with E-state index in [1.165, 1.54) is 6.92 Å². The Kier molecular flexibility index (Phi) is 11.2. The molecule has 224 valence electrons. The maximum absolute atomic E-state index is 13.4. The number of amides is 4. The Morgan fingerprint density at radius 2 is 1.50 bits per heavy atom. The number of primary amides is 1. The number of carbonyl (C=O) groups excluding carboxylic acids is 4. The van der Waals surface area contributed by atoms with E-state index in [-0.39, 0.29) is 25.7 Å². The first-order valence-electron chi connectivity index (χ1n) is 13.4. The predicted octanol–water partition coefficient (Wildman–Crippen LogP) is -0.534. The molecule has 13 heteroatoms. The lowest BCUT2D eigenvalue weighted by atomic mass is 10.0. The summed E-state index contributed by atoms with van der Waals surface area (Å²) in [5.74, 6) is -4.53. The highest BCUT2D eigenvalue weighted by molar-refractivity contribution is 5.95. The minimum absolute atomic E-state index is 0.0578. The lowest BCUT2D eigenvalue weighted by Gasteiger charge is -2.26. The second-order valence-corrected chi connectivity index (χ2v) is 10.1. The minimum Gasteiger partial charge on any atom is -0.480 e. The quantitative estimate of drug-likeness (QED) is 0.116. The summed E-state index contributed by atoms with van der Waals surface area (Å²) < 4.78 is 0. The van der Waals surface area contributed by atoms with Crippen molar-refractivity contribution in [1.29, 1.82) is 0 Å². The van der Waals surface area contributed by atoms with Crippen LogP contribution in [0.25, 0.3) is 10.9 Å². The van der Waals surface area contributed by atoms with Crippen molar-refractivity contribution in [3.05, 3.63) is 71.9 Å². The highest BCUT2D eigenvalue weighted by Crippen LogP contribution is 2.19. The van der Waals surface area contributed by atoms with E-state index >= 15 is 0 Å². The summed E-state index contributed by atoms with van der Waals surface area (Å²) in [6.07, 6.45) is -0.107. The average Bonchev–Trinajstić information content (AvgIpc) is 3.36. The number of aliphatic hydroxyl groups excluding tert-OH is 1. The minimum atomic E-state index is -1.47. The first-order valence-corrected chi connectivity index (χ1v) is 13.4. The van der Waals surface area contributed by atoms with E-state index in [2.05, 4.69) is 20.9 Å². The monoisotopic (exact) mass is 580 g/mol. The summed E-state index contributed by atoms with van der Waals surface area (Å²) in [7, 11) is 0. The number of carboxylic acids is 1. The number of carbonyl (C=O) groups is 5. The number of aliphatic hydroxyl groups is 1. The number of rotatable bonds is 15. The highest BCUT2D eigenvalue weighted by atomic mass is 16.4. The molecule has 0 spiro atoms. The molecule has 2 aromatic carbocycles. The van der Waals surface area contributed by atoms with Crippen LogP contribution in [0.1, 0.15) is 30.9 Å². The molecule has 5 atom stereocenters. The number of H-pyrrole nitrogens is 1. The fraction of sp³-hybridized carbons (Fsp3) is 0.345. The Hall–Kier alpha value is -4.75. The Labute approximate surface area is 242 Å². The van der Waals surface area contributed by atoms with Gasteiger partial charge in [0.15, 0.2) is 0 Å². The van der Waals surface area contributed by atoms with Crippen molar-refractivity contribution in [2.75, 3.05) is 0 Å². The van der Waals surface area contributed by atoms with Crippen LogP contribution in [-0.4, -0.2) is 75.1 Å². The number of aromatic nitrogens is 1. The van der Waals surface area contributed by atoms with Gasteiger partial charge in [-0.3, -0.25) is 19.2 Å². The standard InChI is InChI=1S/C29H36N6O7/c1-16(36)25(35-26(38)20(30)13-17-7-3-2-4-8-17)28(40)34-23(14-18-15-32-21-10-6-5-9-19(18)21)27(39)33-22(29(41)42)11-12-24(31)37/h2-10,15-16,20,22-23,25,32,36H,11-14,30H2,1H3,(H2,31,37)(H,33,39)(H,34,40)(H,35,38)(H,41,42). The number of benzene rings is 2. The van der Waals surface area contributed by atoms with Gasteiger partial charge in [-0.1, -0.05) is 48.5 Å². The maximum atomic E-state index is 13.4. The number of nitrogens with two attached hydrogens (primary N) is 2. The average molecular weight is 581 g/mol. The Morgan fingerprint density at radius 3 is 2.14 bits per heavy atom. The van der Waals surface area contributed by atoms with Crippen LogP contribution in [-0.2, 0) is 36.8 Å². The number of aromatic amines is 1. The third-order valence-corrected chi connectivity index (χ3v) is 6.72. The topological polar surface area (TPSA) is 230 Å². The van der Waals surface area contributed by atoms with Gasteiger partial charge in [0.25, 0.3) is 0 Å². The molecule has 3 rings (SSSR count). The van der Waals surface area contributed by atoms with E-state index in [1.807, 2.05) is 24.3 Å². The van der Waals surface area contributed by atoms with Crippen LogP contribution < -0.4 is 27.4 Å². The molecule has 0 fully saturated rings. The number of fused-ring (bicyclic) bond motifs is 1. The van der Waals surface area contributed by atoms with Gasteiger partial charge in [-0.15, -0.1) is 0 Å². The molecule has 3 aromatic rings. The summed E-state index contributed by atoms with van der Waals surface area (Å²) in [6.45, 7) is 1.30. The second-order valence-electron chi connectivity index (χ2n) is 10.1. The molecule has 13 nitrogen and oxygen atoms in total. The van der Waals surface area contributed by atoms with E-state index in [1.54, 1.807) is 36.5 Å². The van der Waals surface area contributed by atoms with Crippen molar-refractivity contribution in [2.24, 2.45) is 11.5 Å². The SMILES string of the molecule is CC(O)C(NC(=O)C(N)Cc1ccccc1)C(=O)NC(Cc1c[nH]c2ccccc12)C(=O)NC(CCC(N)=O)C(=O)O. The fourth-order valence-corrected chi connectivity index (χ4v) is 4.43. The molecule has 0 radical (unpaired) electrons. The molecular weight excluding hydrogens is 544 g/mol. The van der Waals surface area contributed by atoms with Crippen LogP contribution in [0.2, 0.25) is 0 Å². The van der Waals surface area contributed by atoms with E-state index in [9.17, 15) is 34.2 Å². The van der Waals surface area contributed by atoms with E-state index < -0.39 is 59.9 Å². The lowest BCUT2D eigenvalue weighted by molar-refractivity contribution is -0.142. The van der Waals surface area contributed by atoms with Crippen molar-refractivity contribution in [3.8, 4) is 0 Å². The molecule has 0 saturated carbocycles. The molecule has 10 N–H and O–H groups in total. The Bertz CT molecular complexity index is 1410. The maximum Gasteiger partial charge on any atom is 0.326 e. The third-order valence-electron chi connectivity index (χ3n) is 6.72. The number of carboxylic acid groups (broad SMARTS) is 1. The molecule has 0 saturated heterocycles. The summed E-state index contributed by atoms with van der Waals surface area (Å²) in [6, 6.07) is 11.0. The van der Waals surface area contributed by atoms with Gasteiger partial charge in [-0.25, -0.2) is 4.79 Å². The molecule has 1 heterocycles. The van der Waals surface area contributed by atoms with E-state index in [4.69, 9.17) is 11.5 Å². The normalized spacial score (nSPS) is 14.6. The number of nitrogens with one attached hydrogen (secondary N) is 4. The van der Waals surface area contributed by atoms with Gasteiger partial charge in [0.1, 0.15) is 18.1 Å². The zero-order valence-corrected chi connectivity index (χ0v) is 23.1. The highest BCUT2D eigenvalue weighted by Gasteiger charge is 2.33. The molecule has 0 aliphatic carbocycles. The number of hydrogen-bond donors (Lipinski definition) is 8. The van der Waals surface area contributed by atoms with Gasteiger partial charge in [0, 0.05) is 29.9 Å². The number of hydrogen-bond acceptors (Lipinski definition) is 7. The molecule has 42 heavy (non-hydrogen) atoms. The van der Waals surface area contributed by atoms with E-state index in [0.717, 1.165) is 16.5 Å². The smallest absolute Gasteiger partial charge is 0.326 e. The van der Waals surface area contributed by atoms with Crippen LogP contribution >= 0.6 is 0 Å². The van der Waals surface area contributed by atoms with Crippen LogP contribution in [0, 0.1) is 0 Å². The largest absolute Gasteiger partial charge is 0.480 e. The Morgan fingerprint density at radius 1 is 0.857 bits per heavy atom. The van der Waals surface area contributed by atoms with Crippen molar-refractivity contribution in [1.82, 2.24) is 20.9 Å². The van der Waals surface area contributed by atoms with Gasteiger partial charge in [-0.05, 0) is 37.0 Å². The summed E-state index contributed by atoms with van der Waals surface area (Å²) >= 11 is 0. The molecule has 1 aromatic heterocycles. The zero-order valence-electron chi connectivity index (χ0n) is 23.1. The first kappa shape index (κ1) is 31.8. The molecule has 5 unspecified atom stereocenters. The van der Waals surface area contributed by atoms with Crippen molar-refractivity contribution in [2.45, 2.75) is 62.9 Å². The molecule has 4 amide bonds. The van der Waals surface area contributed by atoms with Gasteiger partial charge < -0.3 is 42.6 Å². The number of aliphatic carboxylic acids is 1. The summed E-state index contributed by atoms with van der Waals surface area (Å²) in [5, 5.41) is 28.0. The van der Waals surface area contributed by atoms with Gasteiger partial charge in [-0.2, -0.15) is 0 Å². The van der Waals surface area contributed by atoms with Crippen LogP contribution in [0.15, 0.2) is 60.8 Å². The molecule has 0 aliphatic heterocycles. The molecule has 0 bridgehead atoms.